The summed E-state index contributed by atoms with van der Waals surface area (Å²) in [6.07, 6.45) is 2.14. The third-order valence-corrected chi connectivity index (χ3v) is 2.61. The van der Waals surface area contributed by atoms with Crippen LogP contribution >= 0.6 is 0 Å². The Morgan fingerprint density at radius 1 is 1.47 bits per heavy atom. The number of carbonyl (C=O) groups excluding carboxylic acids is 1. The van der Waals surface area contributed by atoms with Gasteiger partial charge in [0.15, 0.2) is 0 Å². The summed E-state index contributed by atoms with van der Waals surface area (Å²) in [6, 6.07) is 1.71. The van der Waals surface area contributed by atoms with E-state index in [0.29, 0.717) is 12.0 Å². The van der Waals surface area contributed by atoms with Crippen LogP contribution in [0, 0.1) is 6.92 Å². The molecule has 0 radical (unpaired) electrons. The molecule has 0 saturated heterocycles. The van der Waals surface area contributed by atoms with E-state index in [1.54, 1.807) is 12.3 Å². The third kappa shape index (κ3) is 3.94. The molecule has 3 N–H and O–H groups in total. The summed E-state index contributed by atoms with van der Waals surface area (Å²) in [5, 5.41) is 11.5. The average Bonchev–Trinajstić information content (AvgIpc) is 2.61. The molecular weight excluding hydrogens is 220 g/mol. The van der Waals surface area contributed by atoms with Gasteiger partial charge < -0.3 is 15.4 Å². The Labute approximate surface area is 100 Å². The smallest absolute Gasteiger partial charge is 0.303 e. The van der Waals surface area contributed by atoms with Crippen molar-refractivity contribution < 1.29 is 14.7 Å². The number of hydrogen-bond donors (Lipinski definition) is 3. The standard InChI is InChI=1S/C12H18N2O3/c1-8-9(5-7-13-8)11(17)14-12(2,3)6-4-10(15)16/h5,7,13H,4,6H2,1-3H3,(H,14,17)(H,15,16). The summed E-state index contributed by atoms with van der Waals surface area (Å²) in [5.74, 6) is -1.04. The van der Waals surface area contributed by atoms with Crippen molar-refractivity contribution >= 4 is 11.9 Å². The van der Waals surface area contributed by atoms with Crippen molar-refractivity contribution in [3.05, 3.63) is 23.5 Å². The van der Waals surface area contributed by atoms with Crippen LogP contribution in [0.3, 0.4) is 0 Å². The predicted octanol–water partition coefficient (Wildman–Crippen LogP) is 1.70. The van der Waals surface area contributed by atoms with Gasteiger partial charge in [0, 0.05) is 23.9 Å². The number of hydrogen-bond acceptors (Lipinski definition) is 2. The normalized spacial score (nSPS) is 11.2. The molecule has 1 aromatic heterocycles. The van der Waals surface area contributed by atoms with Gasteiger partial charge in [0.1, 0.15) is 0 Å². The number of H-pyrrole nitrogens is 1. The first kappa shape index (κ1) is 13.3. The van der Waals surface area contributed by atoms with Gasteiger partial charge in [0.2, 0.25) is 0 Å². The van der Waals surface area contributed by atoms with Crippen LogP contribution < -0.4 is 5.32 Å². The van der Waals surface area contributed by atoms with Gasteiger partial charge in [-0.05, 0) is 33.3 Å². The van der Waals surface area contributed by atoms with E-state index in [2.05, 4.69) is 10.3 Å². The highest BCUT2D eigenvalue weighted by Crippen LogP contribution is 2.13. The number of aromatic nitrogens is 1. The number of nitrogens with one attached hydrogen (secondary N) is 2. The molecule has 0 aliphatic rings. The number of aryl methyl sites for hydroxylation is 1. The Bertz CT molecular complexity index is 421. The number of carbonyl (C=O) groups is 2. The fraction of sp³-hybridized carbons (Fsp3) is 0.500. The average molecular weight is 238 g/mol. The van der Waals surface area contributed by atoms with Gasteiger partial charge in [0.25, 0.3) is 5.91 Å². The summed E-state index contributed by atoms with van der Waals surface area (Å²) in [4.78, 5) is 25.3. The van der Waals surface area contributed by atoms with E-state index in [-0.39, 0.29) is 12.3 Å². The van der Waals surface area contributed by atoms with Crippen LogP contribution in [0.2, 0.25) is 0 Å². The molecule has 0 saturated carbocycles. The lowest BCUT2D eigenvalue weighted by Crippen LogP contribution is -2.43. The van der Waals surface area contributed by atoms with E-state index in [4.69, 9.17) is 5.11 Å². The van der Waals surface area contributed by atoms with E-state index in [9.17, 15) is 9.59 Å². The predicted molar refractivity (Wildman–Crippen MR) is 63.9 cm³/mol. The van der Waals surface area contributed by atoms with Gasteiger partial charge in [-0.25, -0.2) is 0 Å². The maximum atomic E-state index is 11.9. The molecular formula is C12H18N2O3. The van der Waals surface area contributed by atoms with Crippen LogP contribution in [-0.2, 0) is 4.79 Å². The van der Waals surface area contributed by atoms with E-state index in [1.165, 1.54) is 0 Å². The van der Waals surface area contributed by atoms with Crippen LogP contribution in [-0.4, -0.2) is 27.5 Å². The lowest BCUT2D eigenvalue weighted by Gasteiger charge is -2.25. The van der Waals surface area contributed by atoms with Crippen molar-refractivity contribution in [3.8, 4) is 0 Å². The zero-order chi connectivity index (χ0) is 13.1. The Morgan fingerprint density at radius 2 is 2.12 bits per heavy atom. The molecule has 0 aliphatic carbocycles. The van der Waals surface area contributed by atoms with Crippen LogP contribution in [0.1, 0.15) is 42.7 Å². The molecule has 0 aliphatic heterocycles. The zero-order valence-electron chi connectivity index (χ0n) is 10.3. The monoisotopic (exact) mass is 238 g/mol. The Morgan fingerprint density at radius 3 is 2.59 bits per heavy atom. The molecule has 17 heavy (non-hydrogen) atoms. The third-order valence-electron chi connectivity index (χ3n) is 2.61. The number of carboxylic acid groups (broad SMARTS) is 1. The maximum absolute atomic E-state index is 11.9. The maximum Gasteiger partial charge on any atom is 0.303 e. The molecule has 0 bridgehead atoms. The Balaban J connectivity index is 2.61. The SMILES string of the molecule is Cc1[nH]ccc1C(=O)NC(C)(C)CCC(=O)O. The van der Waals surface area contributed by atoms with Crippen LogP contribution in [0.5, 0.6) is 0 Å². The van der Waals surface area contributed by atoms with Gasteiger partial charge >= 0.3 is 5.97 Å². The molecule has 0 aromatic carbocycles. The second kappa shape index (κ2) is 5.03. The van der Waals surface area contributed by atoms with Gasteiger partial charge in [-0.3, -0.25) is 9.59 Å². The second-order valence-corrected chi connectivity index (χ2v) is 4.75. The summed E-state index contributed by atoms with van der Waals surface area (Å²) >= 11 is 0. The number of rotatable bonds is 5. The molecule has 1 amide bonds. The zero-order valence-corrected chi connectivity index (χ0v) is 10.3. The van der Waals surface area contributed by atoms with Crippen molar-refractivity contribution in [1.82, 2.24) is 10.3 Å². The summed E-state index contributed by atoms with van der Waals surface area (Å²) in [7, 11) is 0. The van der Waals surface area contributed by atoms with Crippen molar-refractivity contribution in [2.45, 2.75) is 39.2 Å². The molecule has 94 valence electrons. The van der Waals surface area contributed by atoms with E-state index in [0.717, 1.165) is 5.69 Å². The first-order valence-electron chi connectivity index (χ1n) is 5.50. The van der Waals surface area contributed by atoms with Crippen molar-refractivity contribution in [3.63, 3.8) is 0 Å². The van der Waals surface area contributed by atoms with Crippen molar-refractivity contribution in [2.24, 2.45) is 0 Å². The lowest BCUT2D eigenvalue weighted by molar-refractivity contribution is -0.137. The first-order valence-corrected chi connectivity index (χ1v) is 5.50. The topological polar surface area (TPSA) is 82.2 Å². The minimum Gasteiger partial charge on any atom is -0.481 e. The summed E-state index contributed by atoms with van der Waals surface area (Å²) in [6.45, 7) is 5.45. The van der Waals surface area contributed by atoms with Crippen LogP contribution in [0.4, 0.5) is 0 Å². The molecule has 5 nitrogen and oxygen atoms in total. The molecule has 1 aromatic rings. The fourth-order valence-corrected chi connectivity index (χ4v) is 1.56. The Kier molecular flexibility index (Phi) is 3.93. The molecule has 0 unspecified atom stereocenters. The number of aliphatic carboxylic acids is 1. The second-order valence-electron chi connectivity index (χ2n) is 4.75. The first-order chi connectivity index (χ1) is 7.82. The van der Waals surface area contributed by atoms with Gasteiger partial charge in [-0.2, -0.15) is 0 Å². The minimum absolute atomic E-state index is 0.0411. The molecule has 1 heterocycles. The molecule has 0 spiro atoms. The largest absolute Gasteiger partial charge is 0.481 e. The highest BCUT2D eigenvalue weighted by Gasteiger charge is 2.23. The van der Waals surface area contributed by atoms with Gasteiger partial charge in [0.05, 0.1) is 5.56 Å². The minimum atomic E-state index is -0.856. The molecule has 0 atom stereocenters. The van der Waals surface area contributed by atoms with E-state index < -0.39 is 11.5 Å². The molecule has 5 heteroatoms. The quantitative estimate of drug-likeness (QED) is 0.730. The molecule has 1 rings (SSSR count). The fourth-order valence-electron chi connectivity index (χ4n) is 1.56. The van der Waals surface area contributed by atoms with Gasteiger partial charge in [-0.1, -0.05) is 0 Å². The van der Waals surface area contributed by atoms with Crippen molar-refractivity contribution in [2.75, 3.05) is 0 Å². The number of aromatic amines is 1. The summed E-state index contributed by atoms with van der Waals surface area (Å²) < 4.78 is 0. The highest BCUT2D eigenvalue weighted by atomic mass is 16.4. The van der Waals surface area contributed by atoms with Crippen LogP contribution in [0.15, 0.2) is 12.3 Å². The van der Waals surface area contributed by atoms with Crippen molar-refractivity contribution in [1.29, 1.82) is 0 Å². The van der Waals surface area contributed by atoms with E-state index >= 15 is 0 Å². The summed E-state index contributed by atoms with van der Waals surface area (Å²) in [5.41, 5.74) is 0.865. The number of carboxylic acids is 1. The van der Waals surface area contributed by atoms with Crippen LogP contribution in [0.25, 0.3) is 0 Å². The van der Waals surface area contributed by atoms with Gasteiger partial charge in [-0.15, -0.1) is 0 Å². The van der Waals surface area contributed by atoms with E-state index in [1.807, 2.05) is 20.8 Å². The Hall–Kier alpha value is -1.78. The number of amides is 1. The highest BCUT2D eigenvalue weighted by molar-refractivity contribution is 5.95. The molecule has 0 fully saturated rings. The lowest BCUT2D eigenvalue weighted by atomic mass is 9.98.